The molecule has 9 heteroatoms. The third kappa shape index (κ3) is 2.58. The van der Waals surface area contributed by atoms with Gasteiger partial charge in [0.25, 0.3) is 5.69 Å². The van der Waals surface area contributed by atoms with Gasteiger partial charge >= 0.3 is 0 Å². The van der Waals surface area contributed by atoms with Crippen molar-refractivity contribution in [2.24, 2.45) is 0 Å². The summed E-state index contributed by atoms with van der Waals surface area (Å²) < 4.78 is 7.71. The molecule has 0 bridgehead atoms. The predicted octanol–water partition coefficient (Wildman–Crippen LogP) is 4.07. The highest BCUT2D eigenvalue weighted by Crippen LogP contribution is 2.40. The molecule has 0 spiro atoms. The summed E-state index contributed by atoms with van der Waals surface area (Å²) in [6, 6.07) is 6.28. The number of nitro groups is 1. The zero-order valence-corrected chi connectivity index (χ0v) is 16.4. The molecule has 0 saturated carbocycles. The second kappa shape index (κ2) is 5.79. The van der Waals surface area contributed by atoms with Gasteiger partial charge in [0.05, 0.1) is 22.5 Å². The minimum Gasteiger partial charge on any atom is -0.370 e. The largest absolute Gasteiger partial charge is 0.370 e. The fourth-order valence-electron chi connectivity index (χ4n) is 3.60. The molecule has 1 aliphatic rings. The van der Waals surface area contributed by atoms with Gasteiger partial charge in [-0.1, -0.05) is 0 Å². The lowest BCUT2D eigenvalue weighted by Gasteiger charge is -2.30. The zero-order chi connectivity index (χ0) is 19.6. The maximum atomic E-state index is 10.9. The smallest absolute Gasteiger partial charge is 0.269 e. The van der Waals surface area contributed by atoms with E-state index in [1.807, 2.05) is 6.92 Å². The van der Waals surface area contributed by atoms with E-state index in [1.165, 1.54) is 22.6 Å². The summed E-state index contributed by atoms with van der Waals surface area (Å²) in [7, 11) is 0. The van der Waals surface area contributed by atoms with Crippen LogP contribution in [0.25, 0.3) is 27.3 Å². The number of rotatable bonds is 2. The molecule has 0 atom stereocenters. The van der Waals surface area contributed by atoms with Gasteiger partial charge in [-0.3, -0.25) is 10.1 Å². The number of fused-ring (bicyclic) bond motifs is 5. The molecule has 0 saturated heterocycles. The van der Waals surface area contributed by atoms with E-state index < -0.39 is 4.92 Å². The van der Waals surface area contributed by atoms with Crippen molar-refractivity contribution in [2.75, 3.05) is 0 Å². The van der Waals surface area contributed by atoms with Gasteiger partial charge in [-0.2, -0.15) is 4.52 Å². The fourth-order valence-corrected chi connectivity index (χ4v) is 4.74. The van der Waals surface area contributed by atoms with Gasteiger partial charge in [-0.25, -0.2) is 9.97 Å². The molecule has 1 aromatic carbocycles. The van der Waals surface area contributed by atoms with E-state index in [0.717, 1.165) is 33.7 Å². The molecule has 5 rings (SSSR count). The Balaban J connectivity index is 1.72. The van der Waals surface area contributed by atoms with E-state index in [1.54, 1.807) is 28.0 Å². The van der Waals surface area contributed by atoms with Gasteiger partial charge in [-0.05, 0) is 38.5 Å². The second-order valence-electron chi connectivity index (χ2n) is 7.54. The summed E-state index contributed by atoms with van der Waals surface area (Å²) in [5.41, 5.74) is 2.54. The Bertz CT molecular complexity index is 1260. The summed E-state index contributed by atoms with van der Waals surface area (Å²) in [6.45, 7) is 6.66. The minimum absolute atomic E-state index is 0.0434. The van der Waals surface area contributed by atoms with Crippen LogP contribution in [0.5, 0.6) is 0 Å². The third-order valence-electron chi connectivity index (χ3n) is 5.01. The van der Waals surface area contributed by atoms with Gasteiger partial charge < -0.3 is 4.74 Å². The van der Waals surface area contributed by atoms with Gasteiger partial charge in [-0.15, -0.1) is 16.4 Å². The normalized spacial score (nSPS) is 15.8. The van der Waals surface area contributed by atoms with Crippen LogP contribution in [0.15, 0.2) is 24.3 Å². The van der Waals surface area contributed by atoms with E-state index in [-0.39, 0.29) is 11.3 Å². The Hall–Kier alpha value is -2.91. The van der Waals surface area contributed by atoms with Gasteiger partial charge in [0.15, 0.2) is 11.5 Å². The molecule has 0 N–H and O–H groups in total. The lowest BCUT2D eigenvalue weighted by atomic mass is 9.94. The van der Waals surface area contributed by atoms with Crippen molar-refractivity contribution in [1.82, 2.24) is 19.6 Å². The van der Waals surface area contributed by atoms with E-state index in [0.29, 0.717) is 12.4 Å². The molecule has 4 heterocycles. The Morgan fingerprint density at radius 2 is 2.00 bits per heavy atom. The fraction of sp³-hybridized carbons (Fsp3) is 0.316. The van der Waals surface area contributed by atoms with Crippen LogP contribution < -0.4 is 0 Å². The standard InChI is InChI=1S/C19H17N5O3S/c1-10-20-18-15(13-8-19(2,3)27-9-14(13)28-18)17-21-16(22-23(10)17)11-4-6-12(7-5-11)24(25)26/h4-7H,8-9H2,1-3H3. The molecule has 0 fully saturated rings. The first-order chi connectivity index (χ1) is 13.3. The highest BCUT2D eigenvalue weighted by Gasteiger charge is 2.31. The van der Waals surface area contributed by atoms with Crippen LogP contribution >= 0.6 is 11.3 Å². The van der Waals surface area contributed by atoms with E-state index >= 15 is 0 Å². The maximum Gasteiger partial charge on any atom is 0.269 e. The first-order valence-electron chi connectivity index (χ1n) is 8.89. The topological polar surface area (TPSA) is 95.5 Å². The van der Waals surface area contributed by atoms with E-state index in [9.17, 15) is 10.1 Å². The number of ether oxygens (including phenoxy) is 1. The molecular formula is C19H17N5O3S. The zero-order valence-electron chi connectivity index (χ0n) is 15.6. The quantitative estimate of drug-likeness (QED) is 0.375. The molecular weight excluding hydrogens is 378 g/mol. The van der Waals surface area contributed by atoms with Crippen LogP contribution in [0, 0.1) is 17.0 Å². The van der Waals surface area contributed by atoms with Crippen molar-refractivity contribution in [3.8, 4) is 11.4 Å². The van der Waals surface area contributed by atoms with Crippen molar-refractivity contribution in [1.29, 1.82) is 0 Å². The third-order valence-corrected chi connectivity index (χ3v) is 6.10. The predicted molar refractivity (Wildman–Crippen MR) is 106 cm³/mol. The van der Waals surface area contributed by atoms with Crippen molar-refractivity contribution in [3.63, 3.8) is 0 Å². The Morgan fingerprint density at radius 3 is 2.71 bits per heavy atom. The molecule has 0 radical (unpaired) electrons. The molecule has 0 unspecified atom stereocenters. The summed E-state index contributed by atoms with van der Waals surface area (Å²) >= 11 is 1.65. The number of aromatic nitrogens is 4. The molecule has 1 aliphatic heterocycles. The van der Waals surface area contributed by atoms with Crippen LogP contribution in [-0.2, 0) is 17.8 Å². The van der Waals surface area contributed by atoms with Crippen molar-refractivity contribution in [2.45, 2.75) is 39.4 Å². The molecule has 3 aromatic heterocycles. The number of non-ortho nitro benzene ring substituents is 1. The number of thiophene rings is 1. The van der Waals surface area contributed by atoms with Crippen LogP contribution in [0.1, 0.15) is 30.1 Å². The van der Waals surface area contributed by atoms with E-state index in [4.69, 9.17) is 14.7 Å². The summed E-state index contributed by atoms with van der Waals surface area (Å²) in [5.74, 6) is 1.28. The Kier molecular flexibility index (Phi) is 3.56. The van der Waals surface area contributed by atoms with Crippen molar-refractivity contribution >= 4 is 32.9 Å². The average molecular weight is 395 g/mol. The van der Waals surface area contributed by atoms with Gasteiger partial charge in [0.2, 0.25) is 0 Å². The lowest BCUT2D eigenvalue weighted by molar-refractivity contribution is -0.384. The van der Waals surface area contributed by atoms with Crippen LogP contribution in [0.2, 0.25) is 0 Å². The SMILES string of the molecule is Cc1nc2sc3c(c2c2nc(-c4ccc([N+](=O)[O-])cc4)nn12)CC(C)(C)OC3. The highest BCUT2D eigenvalue weighted by atomic mass is 32.1. The van der Waals surface area contributed by atoms with Gasteiger partial charge in [0, 0.05) is 29.0 Å². The average Bonchev–Trinajstić information content (AvgIpc) is 3.22. The summed E-state index contributed by atoms with van der Waals surface area (Å²) in [6.07, 6.45) is 0.794. The second-order valence-corrected chi connectivity index (χ2v) is 8.63. The minimum atomic E-state index is -0.417. The first-order valence-corrected chi connectivity index (χ1v) is 9.70. The Labute approximate surface area is 164 Å². The van der Waals surface area contributed by atoms with E-state index in [2.05, 4.69) is 18.9 Å². The number of nitro benzene ring substituents is 1. The molecule has 8 nitrogen and oxygen atoms in total. The van der Waals surface area contributed by atoms with Crippen molar-refractivity contribution in [3.05, 3.63) is 50.6 Å². The van der Waals surface area contributed by atoms with Gasteiger partial charge in [0.1, 0.15) is 10.7 Å². The number of aryl methyl sites for hydroxylation is 1. The van der Waals surface area contributed by atoms with Crippen molar-refractivity contribution < 1.29 is 9.66 Å². The molecule has 4 aromatic rings. The number of hydrogen-bond acceptors (Lipinski definition) is 7. The monoisotopic (exact) mass is 395 g/mol. The van der Waals surface area contributed by atoms with Crippen LogP contribution in [0.3, 0.4) is 0 Å². The summed E-state index contributed by atoms with van der Waals surface area (Å²) in [5, 5.41) is 16.5. The molecule has 0 amide bonds. The molecule has 28 heavy (non-hydrogen) atoms. The molecule has 142 valence electrons. The number of nitrogens with zero attached hydrogens (tertiary/aromatic N) is 5. The molecule has 0 aliphatic carbocycles. The lowest BCUT2D eigenvalue weighted by Crippen LogP contribution is -2.31. The number of benzene rings is 1. The Morgan fingerprint density at radius 1 is 1.25 bits per heavy atom. The number of hydrogen-bond donors (Lipinski definition) is 0. The van der Waals surface area contributed by atoms with Crippen LogP contribution in [-0.4, -0.2) is 30.1 Å². The summed E-state index contributed by atoms with van der Waals surface area (Å²) in [4.78, 5) is 22.1. The maximum absolute atomic E-state index is 10.9. The van der Waals surface area contributed by atoms with Crippen LogP contribution in [0.4, 0.5) is 5.69 Å². The highest BCUT2D eigenvalue weighted by molar-refractivity contribution is 7.19. The first kappa shape index (κ1) is 17.2.